The van der Waals surface area contributed by atoms with E-state index in [1.54, 1.807) is 7.11 Å². The van der Waals surface area contributed by atoms with E-state index in [-0.39, 0.29) is 11.2 Å². The molecule has 2 heterocycles. The van der Waals surface area contributed by atoms with Crippen molar-refractivity contribution in [3.63, 3.8) is 0 Å². The minimum absolute atomic E-state index is 0.0252. The lowest BCUT2D eigenvalue weighted by Crippen LogP contribution is -2.41. The summed E-state index contributed by atoms with van der Waals surface area (Å²) in [7, 11) is 1.64. The Balaban J connectivity index is 1.40. The molecule has 1 aliphatic rings. The van der Waals surface area contributed by atoms with Crippen LogP contribution < -0.4 is 10.1 Å². The number of methoxy groups -OCH3 is 1. The molecular formula is C25H31N5O3S. The molecule has 2 N–H and O–H groups in total. The second kappa shape index (κ2) is 12.0. The van der Waals surface area contributed by atoms with E-state index < -0.39 is 0 Å². The number of nitrogens with zero attached hydrogens (tertiary/aromatic N) is 3. The number of amides is 1. The molecule has 0 spiro atoms. The molecule has 4 rings (SSSR count). The van der Waals surface area contributed by atoms with Gasteiger partial charge in [0.1, 0.15) is 5.75 Å². The van der Waals surface area contributed by atoms with Crippen LogP contribution >= 0.6 is 11.8 Å². The number of rotatable bonds is 10. The van der Waals surface area contributed by atoms with Gasteiger partial charge in [-0.15, -0.1) is 5.10 Å². The maximum atomic E-state index is 12.8. The summed E-state index contributed by atoms with van der Waals surface area (Å²) in [6, 6.07) is 15.9. The number of hydrogen-bond donors (Lipinski definition) is 2. The molecule has 180 valence electrons. The summed E-state index contributed by atoms with van der Waals surface area (Å²) in [5.74, 6) is 1.50. The van der Waals surface area contributed by atoms with Crippen molar-refractivity contribution in [2.24, 2.45) is 0 Å². The van der Waals surface area contributed by atoms with E-state index in [4.69, 9.17) is 9.47 Å². The number of carbonyl (C=O) groups is 1. The normalized spacial score (nSPS) is 15.1. The van der Waals surface area contributed by atoms with Crippen LogP contribution in [0.2, 0.25) is 0 Å². The van der Waals surface area contributed by atoms with Gasteiger partial charge in [0.25, 0.3) is 0 Å². The third kappa shape index (κ3) is 6.82. The summed E-state index contributed by atoms with van der Waals surface area (Å²) in [4.78, 5) is 19.7. The quantitative estimate of drug-likeness (QED) is 0.429. The predicted octanol–water partition coefficient (Wildman–Crippen LogP) is 3.46. The number of benzene rings is 2. The zero-order valence-corrected chi connectivity index (χ0v) is 20.4. The Morgan fingerprint density at radius 3 is 2.62 bits per heavy atom. The largest absolute Gasteiger partial charge is 0.497 e. The Kier molecular flexibility index (Phi) is 8.56. The molecular weight excluding hydrogens is 450 g/mol. The van der Waals surface area contributed by atoms with E-state index in [0.29, 0.717) is 23.9 Å². The first-order valence-corrected chi connectivity index (χ1v) is 12.4. The summed E-state index contributed by atoms with van der Waals surface area (Å²) < 4.78 is 10.6. The summed E-state index contributed by atoms with van der Waals surface area (Å²) in [6.45, 7) is 6.87. The van der Waals surface area contributed by atoms with Crippen molar-refractivity contribution in [2.45, 2.75) is 23.8 Å². The third-order valence-electron chi connectivity index (χ3n) is 5.75. The second-order valence-electron chi connectivity index (χ2n) is 8.22. The van der Waals surface area contributed by atoms with E-state index in [0.717, 1.165) is 49.7 Å². The number of morpholine rings is 1. The first kappa shape index (κ1) is 24.3. The molecule has 3 aromatic rings. The molecule has 2 aromatic carbocycles. The maximum Gasteiger partial charge on any atom is 0.221 e. The molecule has 0 saturated carbocycles. The Bertz CT molecular complexity index is 1050. The van der Waals surface area contributed by atoms with Crippen LogP contribution in [0.4, 0.5) is 0 Å². The number of nitrogens with one attached hydrogen (secondary N) is 2. The number of aromatic nitrogens is 3. The van der Waals surface area contributed by atoms with Gasteiger partial charge in [0.15, 0.2) is 5.82 Å². The minimum Gasteiger partial charge on any atom is -0.497 e. The van der Waals surface area contributed by atoms with Gasteiger partial charge >= 0.3 is 0 Å². The molecule has 1 atom stereocenters. The molecule has 0 bridgehead atoms. The van der Waals surface area contributed by atoms with Crippen molar-refractivity contribution in [3.8, 4) is 17.1 Å². The third-order valence-corrected chi connectivity index (χ3v) is 6.87. The molecule has 1 aromatic heterocycles. The summed E-state index contributed by atoms with van der Waals surface area (Å²) in [5, 5.41) is 11.0. The Hall–Kier alpha value is -2.88. The van der Waals surface area contributed by atoms with Crippen LogP contribution in [0.25, 0.3) is 11.4 Å². The highest BCUT2D eigenvalue weighted by Gasteiger charge is 2.20. The summed E-state index contributed by atoms with van der Waals surface area (Å²) in [5.41, 5.74) is 3.18. The van der Waals surface area contributed by atoms with Gasteiger partial charge in [0, 0.05) is 43.4 Å². The number of ether oxygens (including phenoxy) is 2. The minimum atomic E-state index is -0.0940. The van der Waals surface area contributed by atoms with Crippen molar-refractivity contribution >= 4 is 17.7 Å². The van der Waals surface area contributed by atoms with Crippen LogP contribution in [0.15, 0.2) is 53.7 Å². The average molecular weight is 482 g/mol. The van der Waals surface area contributed by atoms with E-state index in [1.807, 2.05) is 24.3 Å². The molecule has 1 amide bonds. The van der Waals surface area contributed by atoms with Crippen LogP contribution in [-0.2, 0) is 9.53 Å². The van der Waals surface area contributed by atoms with Gasteiger partial charge < -0.3 is 14.8 Å². The summed E-state index contributed by atoms with van der Waals surface area (Å²) in [6.07, 6.45) is 0.350. The van der Waals surface area contributed by atoms with Crippen molar-refractivity contribution in [3.05, 3.63) is 59.7 Å². The second-order valence-corrected chi connectivity index (χ2v) is 9.39. The molecule has 1 aliphatic heterocycles. The zero-order chi connectivity index (χ0) is 23.8. The van der Waals surface area contributed by atoms with Gasteiger partial charge in [0.2, 0.25) is 11.1 Å². The molecule has 8 nitrogen and oxygen atoms in total. The van der Waals surface area contributed by atoms with Crippen LogP contribution in [-0.4, -0.2) is 72.5 Å². The highest BCUT2D eigenvalue weighted by molar-refractivity contribution is 7.99. The van der Waals surface area contributed by atoms with Crippen LogP contribution in [0, 0.1) is 6.92 Å². The Morgan fingerprint density at radius 2 is 1.91 bits per heavy atom. The van der Waals surface area contributed by atoms with Crippen molar-refractivity contribution < 1.29 is 14.3 Å². The van der Waals surface area contributed by atoms with Gasteiger partial charge in [-0.25, -0.2) is 4.98 Å². The fourth-order valence-corrected chi connectivity index (χ4v) is 4.76. The Morgan fingerprint density at radius 1 is 1.18 bits per heavy atom. The van der Waals surface area contributed by atoms with E-state index in [2.05, 4.69) is 56.6 Å². The lowest BCUT2D eigenvalue weighted by atomic mass is 10.1. The highest BCUT2D eigenvalue weighted by atomic mass is 32.2. The van der Waals surface area contributed by atoms with E-state index in [1.165, 1.54) is 17.3 Å². The Labute approximate surface area is 204 Å². The number of thioether (sulfide) groups is 1. The molecule has 0 aliphatic carbocycles. The molecule has 0 radical (unpaired) electrons. The predicted molar refractivity (Wildman–Crippen MR) is 133 cm³/mol. The van der Waals surface area contributed by atoms with Crippen molar-refractivity contribution in [1.82, 2.24) is 25.4 Å². The van der Waals surface area contributed by atoms with Crippen LogP contribution in [0.1, 0.15) is 22.8 Å². The standard InChI is InChI=1S/C25H31N5O3S/c1-18-3-5-19(6-4-18)22(17-23(31)26-11-12-30-13-15-33-16-14-30)34-25-27-24(28-29-25)20-7-9-21(32-2)10-8-20/h3-10,22H,11-17H2,1-2H3,(H,26,31)(H,27,28,29)/t22-/m0/s1. The fourth-order valence-electron chi connectivity index (χ4n) is 3.73. The molecule has 0 unspecified atom stereocenters. The highest BCUT2D eigenvalue weighted by Crippen LogP contribution is 2.37. The zero-order valence-electron chi connectivity index (χ0n) is 19.6. The molecule has 1 fully saturated rings. The maximum absolute atomic E-state index is 12.8. The van der Waals surface area contributed by atoms with Crippen molar-refractivity contribution in [2.75, 3.05) is 46.5 Å². The first-order chi connectivity index (χ1) is 16.6. The number of carbonyl (C=O) groups excluding carboxylic acids is 1. The van der Waals surface area contributed by atoms with Gasteiger partial charge in [-0.1, -0.05) is 41.6 Å². The first-order valence-electron chi connectivity index (χ1n) is 11.5. The lowest BCUT2D eigenvalue weighted by molar-refractivity contribution is -0.121. The van der Waals surface area contributed by atoms with Crippen molar-refractivity contribution in [1.29, 1.82) is 0 Å². The average Bonchev–Trinajstić information content (AvgIpc) is 3.33. The number of aromatic amines is 1. The monoisotopic (exact) mass is 481 g/mol. The topological polar surface area (TPSA) is 92.4 Å². The van der Waals surface area contributed by atoms with E-state index in [9.17, 15) is 4.79 Å². The van der Waals surface area contributed by atoms with Crippen LogP contribution in [0.5, 0.6) is 5.75 Å². The molecule has 1 saturated heterocycles. The smallest absolute Gasteiger partial charge is 0.221 e. The molecule has 9 heteroatoms. The summed E-state index contributed by atoms with van der Waals surface area (Å²) >= 11 is 1.49. The molecule has 34 heavy (non-hydrogen) atoms. The SMILES string of the molecule is COc1ccc(-c2nc(S[C@@H](CC(=O)NCCN3CCOCC3)c3ccc(C)cc3)n[nH]2)cc1. The van der Waals surface area contributed by atoms with Gasteiger partial charge in [0.05, 0.1) is 20.3 Å². The van der Waals surface area contributed by atoms with Gasteiger partial charge in [-0.3, -0.25) is 14.8 Å². The lowest BCUT2D eigenvalue weighted by Gasteiger charge is -2.26. The fraction of sp³-hybridized carbons (Fsp3) is 0.400. The van der Waals surface area contributed by atoms with E-state index >= 15 is 0 Å². The number of H-pyrrole nitrogens is 1. The number of aryl methyl sites for hydroxylation is 1. The van der Waals surface area contributed by atoms with Gasteiger partial charge in [-0.05, 0) is 36.8 Å². The van der Waals surface area contributed by atoms with Gasteiger partial charge in [-0.2, -0.15) is 0 Å². The van der Waals surface area contributed by atoms with Crippen LogP contribution in [0.3, 0.4) is 0 Å². The number of hydrogen-bond acceptors (Lipinski definition) is 7.